The van der Waals surface area contributed by atoms with E-state index in [-0.39, 0.29) is 5.41 Å². The maximum absolute atomic E-state index is 5.86. The van der Waals surface area contributed by atoms with Gasteiger partial charge in [-0.05, 0) is 43.1 Å². The van der Waals surface area contributed by atoms with E-state index in [2.05, 4.69) is 67.9 Å². The Morgan fingerprint density at radius 2 is 1.95 bits per heavy atom. The molecule has 0 aromatic heterocycles. The third-order valence-corrected chi connectivity index (χ3v) is 5.85. The van der Waals surface area contributed by atoms with E-state index in [9.17, 15) is 0 Å². The summed E-state index contributed by atoms with van der Waals surface area (Å²) >= 11 is 3.95. The second-order valence-corrected chi connectivity index (χ2v) is 7.87. The third kappa shape index (κ3) is 3.21. The molecule has 2 rings (SSSR count). The molecule has 1 aromatic rings. The van der Waals surface area contributed by atoms with E-state index in [0.29, 0.717) is 10.7 Å². The summed E-state index contributed by atoms with van der Waals surface area (Å²) < 4.78 is 5.86. The molecule has 1 saturated carbocycles. The Hall–Kier alpha value is -0.500. The van der Waals surface area contributed by atoms with Crippen LogP contribution in [0.1, 0.15) is 52.5 Å². The molecule has 0 bridgehead atoms. The Balaban J connectivity index is 2.29. The number of para-hydroxylation sites is 1. The molecule has 0 spiro atoms. The summed E-state index contributed by atoms with van der Waals surface area (Å²) in [6.45, 7) is 9.90. The van der Waals surface area contributed by atoms with Crippen LogP contribution >= 0.6 is 15.9 Å². The van der Waals surface area contributed by atoms with E-state index in [4.69, 9.17) is 4.74 Å². The molecule has 20 heavy (non-hydrogen) atoms. The van der Waals surface area contributed by atoms with Gasteiger partial charge in [-0.2, -0.15) is 0 Å². The lowest BCUT2D eigenvalue weighted by atomic mass is 9.65. The first kappa shape index (κ1) is 15.9. The van der Waals surface area contributed by atoms with E-state index >= 15 is 0 Å². The van der Waals surface area contributed by atoms with Crippen molar-refractivity contribution >= 4 is 15.9 Å². The lowest BCUT2D eigenvalue weighted by Crippen LogP contribution is -2.38. The highest BCUT2D eigenvalue weighted by Crippen LogP contribution is 2.47. The zero-order valence-electron chi connectivity index (χ0n) is 13.2. The van der Waals surface area contributed by atoms with Gasteiger partial charge in [0.1, 0.15) is 5.75 Å². The van der Waals surface area contributed by atoms with Gasteiger partial charge in [0.15, 0.2) is 0 Å². The molecule has 0 N–H and O–H groups in total. The third-order valence-electron chi connectivity index (χ3n) is 4.84. The molecule has 0 amide bonds. The summed E-state index contributed by atoms with van der Waals surface area (Å²) in [7, 11) is 0. The van der Waals surface area contributed by atoms with Crippen molar-refractivity contribution in [1.82, 2.24) is 0 Å². The van der Waals surface area contributed by atoms with Gasteiger partial charge in [0.05, 0.1) is 6.61 Å². The normalized spacial score (nSPS) is 27.4. The number of benzene rings is 1. The number of alkyl halides is 1. The molecule has 0 saturated heterocycles. The van der Waals surface area contributed by atoms with E-state index in [1.54, 1.807) is 0 Å². The number of hydrogen-bond donors (Lipinski definition) is 0. The van der Waals surface area contributed by atoms with Gasteiger partial charge in [-0.3, -0.25) is 0 Å². The maximum Gasteiger partial charge on any atom is 0.123 e. The highest BCUT2D eigenvalue weighted by Gasteiger charge is 2.40. The summed E-state index contributed by atoms with van der Waals surface area (Å²) in [5.74, 6) is 2.56. The van der Waals surface area contributed by atoms with Crippen LogP contribution in [0, 0.1) is 11.8 Å². The quantitative estimate of drug-likeness (QED) is 0.652. The molecule has 0 heterocycles. The van der Waals surface area contributed by atoms with Crippen LogP contribution in [0.4, 0.5) is 0 Å². The second-order valence-electron chi connectivity index (χ2n) is 6.69. The average Bonchev–Trinajstić information content (AvgIpc) is 2.39. The van der Waals surface area contributed by atoms with E-state index in [0.717, 1.165) is 18.3 Å². The fraction of sp³-hybridized carbons (Fsp3) is 0.667. The van der Waals surface area contributed by atoms with Crippen LogP contribution in [0.5, 0.6) is 5.75 Å². The molecular weight excluding hydrogens is 312 g/mol. The number of rotatable bonds is 4. The number of ether oxygens (including phenoxy) is 1. The summed E-state index contributed by atoms with van der Waals surface area (Å²) in [4.78, 5) is 0.607. The first-order valence-electron chi connectivity index (χ1n) is 7.83. The zero-order valence-corrected chi connectivity index (χ0v) is 14.7. The predicted molar refractivity (Wildman–Crippen MR) is 89.9 cm³/mol. The van der Waals surface area contributed by atoms with Crippen molar-refractivity contribution in [3.05, 3.63) is 29.8 Å². The standard InChI is InChI=1S/C18H27BrO/c1-5-20-17-9-7-6-8-15(17)18(3,4)14-11-10-13(2)12-16(14)19/h6-9,13-14,16H,5,10-12H2,1-4H3. The Bertz CT molecular complexity index is 441. The Kier molecular flexibility index (Phi) is 5.17. The van der Waals surface area contributed by atoms with Crippen molar-refractivity contribution in [2.24, 2.45) is 11.8 Å². The molecular formula is C18H27BrO. The fourth-order valence-electron chi connectivity index (χ4n) is 3.60. The molecule has 1 aliphatic carbocycles. The molecule has 0 aliphatic heterocycles. The summed E-state index contributed by atoms with van der Waals surface area (Å²) in [6, 6.07) is 8.55. The smallest absolute Gasteiger partial charge is 0.123 e. The first-order chi connectivity index (χ1) is 9.46. The lowest BCUT2D eigenvalue weighted by Gasteiger charge is -2.43. The van der Waals surface area contributed by atoms with Crippen molar-refractivity contribution in [3.63, 3.8) is 0 Å². The molecule has 1 fully saturated rings. The first-order valence-corrected chi connectivity index (χ1v) is 8.74. The predicted octanol–water partition coefficient (Wildman–Crippen LogP) is 5.56. The largest absolute Gasteiger partial charge is 0.494 e. The number of halogens is 1. The van der Waals surface area contributed by atoms with Gasteiger partial charge in [-0.15, -0.1) is 0 Å². The van der Waals surface area contributed by atoms with E-state index in [1.807, 2.05) is 0 Å². The topological polar surface area (TPSA) is 9.23 Å². The van der Waals surface area contributed by atoms with Gasteiger partial charge in [-0.1, -0.05) is 61.3 Å². The molecule has 0 radical (unpaired) electrons. The average molecular weight is 339 g/mol. The minimum atomic E-state index is 0.139. The highest BCUT2D eigenvalue weighted by atomic mass is 79.9. The zero-order chi connectivity index (χ0) is 14.8. The monoisotopic (exact) mass is 338 g/mol. The van der Waals surface area contributed by atoms with Crippen molar-refractivity contribution in [2.45, 2.75) is 57.2 Å². The summed E-state index contributed by atoms with van der Waals surface area (Å²) in [5, 5.41) is 0. The highest BCUT2D eigenvalue weighted by molar-refractivity contribution is 9.09. The fourth-order valence-corrected chi connectivity index (χ4v) is 5.17. The summed E-state index contributed by atoms with van der Waals surface area (Å²) in [5.41, 5.74) is 1.49. The number of hydrogen-bond acceptors (Lipinski definition) is 1. The van der Waals surface area contributed by atoms with E-state index in [1.165, 1.54) is 24.8 Å². The van der Waals surface area contributed by atoms with Crippen LogP contribution in [-0.2, 0) is 5.41 Å². The van der Waals surface area contributed by atoms with Gasteiger partial charge in [0, 0.05) is 10.4 Å². The van der Waals surface area contributed by atoms with Gasteiger partial charge >= 0.3 is 0 Å². The Morgan fingerprint density at radius 3 is 2.60 bits per heavy atom. The molecule has 2 heteroatoms. The van der Waals surface area contributed by atoms with Crippen LogP contribution < -0.4 is 4.74 Å². The minimum Gasteiger partial charge on any atom is -0.494 e. The Morgan fingerprint density at radius 1 is 1.25 bits per heavy atom. The van der Waals surface area contributed by atoms with E-state index < -0.39 is 0 Å². The van der Waals surface area contributed by atoms with Crippen molar-refractivity contribution in [1.29, 1.82) is 0 Å². The molecule has 1 nitrogen and oxygen atoms in total. The molecule has 1 aromatic carbocycles. The van der Waals surface area contributed by atoms with Crippen LogP contribution in [0.25, 0.3) is 0 Å². The lowest BCUT2D eigenvalue weighted by molar-refractivity contribution is 0.208. The SMILES string of the molecule is CCOc1ccccc1C(C)(C)C1CCC(C)CC1Br. The van der Waals surface area contributed by atoms with Crippen molar-refractivity contribution in [2.75, 3.05) is 6.61 Å². The maximum atomic E-state index is 5.86. The van der Waals surface area contributed by atoms with Gasteiger partial charge < -0.3 is 4.74 Å². The van der Waals surface area contributed by atoms with Gasteiger partial charge in [0.25, 0.3) is 0 Å². The molecule has 3 atom stereocenters. The molecule has 112 valence electrons. The summed E-state index contributed by atoms with van der Waals surface area (Å²) in [6.07, 6.45) is 3.92. The minimum absolute atomic E-state index is 0.139. The van der Waals surface area contributed by atoms with Crippen molar-refractivity contribution < 1.29 is 4.74 Å². The van der Waals surface area contributed by atoms with Gasteiger partial charge in [-0.25, -0.2) is 0 Å². The van der Waals surface area contributed by atoms with Crippen LogP contribution in [0.2, 0.25) is 0 Å². The Labute approximate surface area is 132 Å². The van der Waals surface area contributed by atoms with Gasteiger partial charge in [0.2, 0.25) is 0 Å². The molecule has 3 unspecified atom stereocenters. The van der Waals surface area contributed by atoms with Crippen LogP contribution in [-0.4, -0.2) is 11.4 Å². The van der Waals surface area contributed by atoms with Crippen LogP contribution in [0.15, 0.2) is 24.3 Å². The van der Waals surface area contributed by atoms with Crippen molar-refractivity contribution in [3.8, 4) is 5.75 Å². The second kappa shape index (κ2) is 6.51. The van der Waals surface area contributed by atoms with Crippen LogP contribution in [0.3, 0.4) is 0 Å². The molecule has 1 aliphatic rings.